The number of nitrogen functional groups attached to an aromatic ring is 1. The molecule has 1 aromatic carbocycles. The first kappa shape index (κ1) is 12.9. The first-order chi connectivity index (χ1) is 8.70. The topological polar surface area (TPSA) is 55.1 Å². The van der Waals surface area contributed by atoms with Crippen molar-refractivity contribution in [1.29, 1.82) is 0 Å². The predicted octanol–water partition coefficient (Wildman–Crippen LogP) is 2.68. The summed E-state index contributed by atoms with van der Waals surface area (Å²) in [6.45, 7) is 2.70. The van der Waals surface area contributed by atoms with Gasteiger partial charge in [0.05, 0.1) is 0 Å². The Labute approximate surface area is 109 Å². The number of carbonyl (C=O) groups is 1. The number of benzene rings is 1. The summed E-state index contributed by atoms with van der Waals surface area (Å²) >= 11 is 0. The molecule has 1 fully saturated rings. The molecule has 18 heavy (non-hydrogen) atoms. The average Bonchev–Trinajstić information content (AvgIpc) is 2.40. The number of rotatable bonds is 3. The van der Waals surface area contributed by atoms with Crippen molar-refractivity contribution in [3.8, 4) is 0 Å². The maximum absolute atomic E-state index is 11.8. The van der Waals surface area contributed by atoms with E-state index in [1.807, 2.05) is 19.1 Å². The van der Waals surface area contributed by atoms with Crippen LogP contribution in [0.1, 0.15) is 44.1 Å². The van der Waals surface area contributed by atoms with E-state index in [0.717, 1.165) is 37.9 Å². The van der Waals surface area contributed by atoms with E-state index in [1.54, 1.807) is 0 Å². The van der Waals surface area contributed by atoms with Crippen LogP contribution in [-0.2, 0) is 4.79 Å². The van der Waals surface area contributed by atoms with Gasteiger partial charge in [-0.1, -0.05) is 12.1 Å². The first-order valence-corrected chi connectivity index (χ1v) is 6.84. The lowest BCUT2D eigenvalue weighted by Crippen LogP contribution is -2.32. The molecule has 0 spiro atoms. The molecular weight excluding hydrogens is 224 g/mol. The highest BCUT2D eigenvalue weighted by atomic mass is 16.1. The third-order valence-corrected chi connectivity index (χ3v) is 3.86. The maximum Gasteiger partial charge on any atom is 0.223 e. The van der Waals surface area contributed by atoms with Gasteiger partial charge in [0.15, 0.2) is 0 Å². The molecule has 3 heteroatoms. The summed E-state index contributed by atoms with van der Waals surface area (Å²) in [5.41, 5.74) is 7.87. The summed E-state index contributed by atoms with van der Waals surface area (Å²) in [7, 11) is 0. The van der Waals surface area contributed by atoms with Crippen molar-refractivity contribution in [2.24, 2.45) is 5.92 Å². The van der Waals surface area contributed by atoms with Gasteiger partial charge in [-0.05, 0) is 56.2 Å². The second kappa shape index (κ2) is 5.89. The molecule has 1 aliphatic rings. The quantitative estimate of drug-likeness (QED) is 0.806. The standard InChI is InChI=1S/C15H22N2O/c1-2-17-15(18)13-5-3-11(4-6-13)12-7-9-14(16)10-8-12/h7-11,13H,2-6,16H2,1H3,(H,17,18). The van der Waals surface area contributed by atoms with E-state index >= 15 is 0 Å². The Kier molecular flexibility index (Phi) is 4.24. The largest absolute Gasteiger partial charge is 0.399 e. The third kappa shape index (κ3) is 3.03. The Bertz CT molecular complexity index is 391. The third-order valence-electron chi connectivity index (χ3n) is 3.86. The summed E-state index contributed by atoms with van der Waals surface area (Å²) in [5.74, 6) is 1.04. The summed E-state index contributed by atoms with van der Waals surface area (Å²) in [4.78, 5) is 11.8. The molecule has 0 atom stereocenters. The number of hydrogen-bond donors (Lipinski definition) is 2. The van der Waals surface area contributed by atoms with Gasteiger partial charge in [0, 0.05) is 18.2 Å². The molecule has 1 aliphatic carbocycles. The highest BCUT2D eigenvalue weighted by Gasteiger charge is 2.26. The van der Waals surface area contributed by atoms with Crippen LogP contribution in [0.15, 0.2) is 24.3 Å². The summed E-state index contributed by atoms with van der Waals surface area (Å²) in [6, 6.07) is 8.16. The van der Waals surface area contributed by atoms with Gasteiger partial charge >= 0.3 is 0 Å². The van der Waals surface area contributed by atoms with Gasteiger partial charge in [0.1, 0.15) is 0 Å². The van der Waals surface area contributed by atoms with Crippen molar-refractivity contribution in [2.45, 2.75) is 38.5 Å². The van der Waals surface area contributed by atoms with E-state index in [4.69, 9.17) is 5.73 Å². The fraction of sp³-hybridized carbons (Fsp3) is 0.533. The number of amides is 1. The number of carbonyl (C=O) groups excluding carboxylic acids is 1. The molecule has 0 saturated heterocycles. The second-order valence-corrected chi connectivity index (χ2v) is 5.11. The molecule has 0 aromatic heterocycles. The minimum absolute atomic E-state index is 0.218. The average molecular weight is 246 g/mol. The first-order valence-electron chi connectivity index (χ1n) is 6.84. The van der Waals surface area contributed by atoms with Crippen LogP contribution in [0.2, 0.25) is 0 Å². The fourth-order valence-corrected chi connectivity index (χ4v) is 2.78. The van der Waals surface area contributed by atoms with Gasteiger partial charge in [-0.2, -0.15) is 0 Å². The van der Waals surface area contributed by atoms with E-state index in [9.17, 15) is 4.79 Å². The highest BCUT2D eigenvalue weighted by Crippen LogP contribution is 2.35. The van der Waals surface area contributed by atoms with Crippen LogP contribution in [-0.4, -0.2) is 12.5 Å². The molecule has 3 N–H and O–H groups in total. The Morgan fingerprint density at radius 3 is 2.39 bits per heavy atom. The van der Waals surface area contributed by atoms with Crippen molar-refractivity contribution in [3.05, 3.63) is 29.8 Å². The lowest BCUT2D eigenvalue weighted by molar-refractivity contribution is -0.125. The maximum atomic E-state index is 11.8. The molecular formula is C15H22N2O. The number of nitrogens with two attached hydrogens (primary N) is 1. The Morgan fingerprint density at radius 2 is 1.83 bits per heavy atom. The van der Waals surface area contributed by atoms with E-state index in [2.05, 4.69) is 17.4 Å². The fourth-order valence-electron chi connectivity index (χ4n) is 2.78. The van der Waals surface area contributed by atoms with E-state index in [-0.39, 0.29) is 11.8 Å². The lowest BCUT2D eigenvalue weighted by atomic mass is 9.78. The van der Waals surface area contributed by atoms with Gasteiger partial charge in [-0.15, -0.1) is 0 Å². The van der Waals surface area contributed by atoms with Gasteiger partial charge in [-0.25, -0.2) is 0 Å². The molecule has 0 aliphatic heterocycles. The molecule has 0 heterocycles. The van der Waals surface area contributed by atoms with Crippen LogP contribution in [0.3, 0.4) is 0 Å². The molecule has 0 radical (unpaired) electrons. The van der Waals surface area contributed by atoms with Crippen molar-refractivity contribution in [3.63, 3.8) is 0 Å². The minimum atomic E-state index is 0.218. The number of nitrogens with one attached hydrogen (secondary N) is 1. The zero-order valence-electron chi connectivity index (χ0n) is 11.0. The second-order valence-electron chi connectivity index (χ2n) is 5.11. The number of hydrogen-bond acceptors (Lipinski definition) is 2. The van der Waals surface area contributed by atoms with Crippen LogP contribution in [0, 0.1) is 5.92 Å². The van der Waals surface area contributed by atoms with Crippen LogP contribution in [0.5, 0.6) is 0 Å². The minimum Gasteiger partial charge on any atom is -0.399 e. The number of anilines is 1. The molecule has 1 aromatic rings. The van der Waals surface area contributed by atoms with Crippen LogP contribution >= 0.6 is 0 Å². The van der Waals surface area contributed by atoms with Gasteiger partial charge in [-0.3, -0.25) is 4.79 Å². The smallest absolute Gasteiger partial charge is 0.223 e. The molecule has 98 valence electrons. The Balaban J connectivity index is 1.90. The van der Waals surface area contributed by atoms with Gasteiger partial charge in [0.2, 0.25) is 5.91 Å². The van der Waals surface area contributed by atoms with Gasteiger partial charge in [0.25, 0.3) is 0 Å². The van der Waals surface area contributed by atoms with Crippen LogP contribution in [0.4, 0.5) is 5.69 Å². The highest BCUT2D eigenvalue weighted by molar-refractivity contribution is 5.78. The normalized spacial score (nSPS) is 23.6. The monoisotopic (exact) mass is 246 g/mol. The van der Waals surface area contributed by atoms with E-state index < -0.39 is 0 Å². The van der Waals surface area contributed by atoms with E-state index in [0.29, 0.717) is 5.92 Å². The van der Waals surface area contributed by atoms with Crippen molar-refractivity contribution >= 4 is 11.6 Å². The SMILES string of the molecule is CCNC(=O)C1CCC(c2ccc(N)cc2)CC1. The summed E-state index contributed by atoms with van der Waals surface area (Å²) in [6.07, 6.45) is 4.21. The predicted molar refractivity (Wildman–Crippen MR) is 74.2 cm³/mol. The van der Waals surface area contributed by atoms with Crippen molar-refractivity contribution in [1.82, 2.24) is 5.32 Å². The van der Waals surface area contributed by atoms with E-state index in [1.165, 1.54) is 5.56 Å². The summed E-state index contributed by atoms with van der Waals surface area (Å²) in [5, 5.41) is 2.92. The Hall–Kier alpha value is -1.51. The van der Waals surface area contributed by atoms with Crippen LogP contribution in [0.25, 0.3) is 0 Å². The van der Waals surface area contributed by atoms with Crippen molar-refractivity contribution < 1.29 is 4.79 Å². The molecule has 1 amide bonds. The molecule has 0 bridgehead atoms. The molecule has 2 rings (SSSR count). The zero-order chi connectivity index (χ0) is 13.0. The Morgan fingerprint density at radius 1 is 1.22 bits per heavy atom. The summed E-state index contributed by atoms with van der Waals surface area (Å²) < 4.78 is 0. The van der Waals surface area contributed by atoms with Crippen molar-refractivity contribution in [2.75, 3.05) is 12.3 Å². The lowest BCUT2D eigenvalue weighted by Gasteiger charge is -2.28. The zero-order valence-corrected chi connectivity index (χ0v) is 11.0. The molecule has 3 nitrogen and oxygen atoms in total. The van der Waals surface area contributed by atoms with Gasteiger partial charge < -0.3 is 11.1 Å². The molecule has 1 saturated carbocycles. The molecule has 0 unspecified atom stereocenters. The van der Waals surface area contributed by atoms with Crippen LogP contribution < -0.4 is 11.1 Å².